The average molecular weight is 130 g/mol. The van der Waals surface area contributed by atoms with E-state index in [2.05, 4.69) is 0 Å². The van der Waals surface area contributed by atoms with Gasteiger partial charge < -0.3 is 0 Å². The second kappa shape index (κ2) is 1.62. The summed E-state index contributed by atoms with van der Waals surface area (Å²) in [6, 6.07) is 0. The first kappa shape index (κ1) is 5.98. The van der Waals surface area contributed by atoms with Gasteiger partial charge in [-0.25, -0.2) is 0 Å². The number of hydrogen-bond donors (Lipinski definition) is 0. The lowest BCUT2D eigenvalue weighted by molar-refractivity contribution is 0.559. The van der Waals surface area contributed by atoms with Crippen molar-refractivity contribution in [2.24, 2.45) is 0 Å². The van der Waals surface area contributed by atoms with Crippen molar-refractivity contribution in [1.29, 1.82) is 0 Å². The van der Waals surface area contributed by atoms with E-state index >= 15 is 0 Å². The van der Waals surface area contributed by atoms with Gasteiger partial charge >= 0.3 is 17.5 Å². The molecule has 0 aliphatic carbocycles. The van der Waals surface area contributed by atoms with Crippen LogP contribution in [0.25, 0.3) is 0 Å². The first-order valence-corrected chi connectivity index (χ1v) is 3.65. The fourth-order valence-corrected chi connectivity index (χ4v) is 0. The van der Waals surface area contributed by atoms with Crippen LogP contribution < -0.4 is 0 Å². The molecule has 0 fully saturated rings. The molecule has 0 heterocycles. The van der Waals surface area contributed by atoms with Crippen molar-refractivity contribution in [3.05, 3.63) is 0 Å². The van der Waals surface area contributed by atoms with Gasteiger partial charge in [-0.05, 0) is 0 Å². The SMILES string of the molecule is O=PS(=O)(=O)F. The Hall–Kier alpha value is -0.0200. The van der Waals surface area contributed by atoms with Gasteiger partial charge in [0.15, 0.2) is 0 Å². The molecule has 0 aliphatic rings. The highest BCUT2D eigenvalue weighted by Gasteiger charge is 2.01. The Bertz CT molecular complexity index is 121. The summed E-state index contributed by atoms with van der Waals surface area (Å²) in [4.78, 5) is 0. The molecule has 0 bridgehead atoms. The molecule has 0 aromatic rings. The molecule has 0 radical (unpaired) electrons. The van der Waals surface area contributed by atoms with Crippen LogP contribution in [-0.2, 0) is 14.4 Å². The summed E-state index contributed by atoms with van der Waals surface area (Å²) in [7, 11) is -6.22. The van der Waals surface area contributed by atoms with E-state index in [0.29, 0.717) is 0 Å². The molecule has 3 nitrogen and oxygen atoms in total. The highest BCUT2D eigenvalue weighted by molar-refractivity contribution is 8.36. The average Bonchev–Trinajstić information content (AvgIpc) is 1.35. The number of rotatable bonds is 1. The fraction of sp³-hybridized carbons (Fsp3) is 0. The maximum Gasteiger partial charge on any atom is 0.386 e. The quantitative estimate of drug-likeness (QED) is 0.383. The Kier molecular flexibility index (Phi) is 1.61. The zero-order valence-electron chi connectivity index (χ0n) is 2.46. The lowest BCUT2D eigenvalue weighted by Crippen LogP contribution is -1.67. The summed E-state index contributed by atoms with van der Waals surface area (Å²) < 4.78 is 37.7. The highest BCUT2D eigenvalue weighted by atomic mass is 32.8. The van der Waals surface area contributed by atoms with Gasteiger partial charge in [-0.2, -0.15) is 8.42 Å². The zero-order valence-corrected chi connectivity index (χ0v) is 4.17. The van der Waals surface area contributed by atoms with Gasteiger partial charge in [0.1, 0.15) is 0 Å². The first-order valence-electron chi connectivity index (χ1n) is 0.853. The van der Waals surface area contributed by atoms with Gasteiger partial charge in [-0.3, -0.25) is 4.57 Å². The predicted octanol–water partition coefficient (Wildman–Crippen LogP) is 0.492. The molecule has 0 amide bonds. The molecular formula is FO3PS. The van der Waals surface area contributed by atoms with Crippen LogP contribution in [0.15, 0.2) is 0 Å². The van der Waals surface area contributed by atoms with E-state index in [9.17, 15) is 3.89 Å². The largest absolute Gasteiger partial charge is 0.386 e. The maximum atomic E-state index is 10.8. The summed E-state index contributed by atoms with van der Waals surface area (Å²) in [6.07, 6.45) is 0. The fourth-order valence-electron chi connectivity index (χ4n) is 0. The minimum atomic E-state index is -4.75. The van der Waals surface area contributed by atoms with Crippen molar-refractivity contribution in [2.75, 3.05) is 0 Å². The molecule has 0 aromatic carbocycles. The van der Waals surface area contributed by atoms with Crippen molar-refractivity contribution in [1.82, 2.24) is 0 Å². The summed E-state index contributed by atoms with van der Waals surface area (Å²) in [5.41, 5.74) is 0. The molecule has 0 aromatic heterocycles. The summed E-state index contributed by atoms with van der Waals surface area (Å²) in [5, 5.41) is 0. The molecule has 0 spiro atoms. The molecule has 0 saturated carbocycles. The third-order valence-electron chi connectivity index (χ3n) is 0.0890. The zero-order chi connectivity index (χ0) is 5.21. The Morgan fingerprint density at radius 2 is 1.67 bits per heavy atom. The van der Waals surface area contributed by atoms with E-state index in [1.54, 1.807) is 0 Å². The number of hydrogen-bond acceptors (Lipinski definition) is 3. The van der Waals surface area contributed by atoms with E-state index < -0.39 is 17.5 Å². The summed E-state index contributed by atoms with van der Waals surface area (Å²) in [5.74, 6) is 0. The van der Waals surface area contributed by atoms with E-state index in [4.69, 9.17) is 13.0 Å². The summed E-state index contributed by atoms with van der Waals surface area (Å²) in [6.45, 7) is 0. The molecule has 36 valence electrons. The Morgan fingerprint density at radius 1 is 1.50 bits per heavy atom. The molecule has 0 saturated heterocycles. The molecule has 6 heteroatoms. The van der Waals surface area contributed by atoms with Crippen LogP contribution in [-0.4, -0.2) is 8.42 Å². The molecule has 0 atom stereocenters. The van der Waals surface area contributed by atoms with Crippen molar-refractivity contribution in [3.63, 3.8) is 0 Å². The van der Waals surface area contributed by atoms with Crippen LogP contribution in [0.2, 0.25) is 0 Å². The standard InChI is InChI=1S/FO3PS/c1-6(3,4)5-2. The second-order valence-electron chi connectivity index (χ2n) is 0.487. The molecule has 0 aliphatic heterocycles. The normalized spacial score (nSPS) is 12.2. The minimum Gasteiger partial charge on any atom is -0.254 e. The molecular weight excluding hydrogens is 130 g/mol. The predicted molar refractivity (Wildman–Crippen MR) is 17.6 cm³/mol. The minimum absolute atomic E-state index is 1.47. The van der Waals surface area contributed by atoms with Crippen LogP contribution in [0.1, 0.15) is 0 Å². The Morgan fingerprint density at radius 3 is 1.67 bits per heavy atom. The molecule has 0 rings (SSSR count). The van der Waals surface area contributed by atoms with Gasteiger partial charge in [0.2, 0.25) is 0 Å². The third-order valence-corrected chi connectivity index (χ3v) is 0.801. The second-order valence-corrected chi connectivity index (χ2v) is 3.22. The van der Waals surface area contributed by atoms with Crippen LogP contribution in [0.5, 0.6) is 0 Å². The van der Waals surface area contributed by atoms with Crippen LogP contribution in [0, 0.1) is 0 Å². The van der Waals surface area contributed by atoms with Crippen LogP contribution >= 0.6 is 7.66 Å². The molecule has 0 unspecified atom stereocenters. The van der Waals surface area contributed by atoms with E-state index in [1.165, 1.54) is 0 Å². The molecule has 6 heavy (non-hydrogen) atoms. The summed E-state index contributed by atoms with van der Waals surface area (Å²) >= 11 is 0. The van der Waals surface area contributed by atoms with Crippen molar-refractivity contribution < 1.29 is 16.9 Å². The van der Waals surface area contributed by atoms with Gasteiger partial charge in [0.05, 0.1) is 0 Å². The molecule has 0 N–H and O–H groups in total. The smallest absolute Gasteiger partial charge is 0.254 e. The van der Waals surface area contributed by atoms with Gasteiger partial charge in [-0.15, -0.1) is 0 Å². The van der Waals surface area contributed by atoms with Gasteiger partial charge in [0, 0.05) is 0 Å². The van der Waals surface area contributed by atoms with Crippen molar-refractivity contribution in [3.8, 4) is 0 Å². The maximum absolute atomic E-state index is 10.8. The van der Waals surface area contributed by atoms with E-state index in [-0.39, 0.29) is 0 Å². The van der Waals surface area contributed by atoms with Gasteiger partial charge in [0.25, 0.3) is 0 Å². The van der Waals surface area contributed by atoms with Gasteiger partial charge in [-0.1, -0.05) is 3.89 Å². The lowest BCUT2D eigenvalue weighted by atomic mass is 15.9. The van der Waals surface area contributed by atoms with Crippen LogP contribution in [0.4, 0.5) is 3.89 Å². The Balaban J connectivity index is 4.25. The van der Waals surface area contributed by atoms with E-state index in [1.807, 2.05) is 0 Å². The van der Waals surface area contributed by atoms with Crippen molar-refractivity contribution in [2.45, 2.75) is 0 Å². The van der Waals surface area contributed by atoms with Crippen LogP contribution in [0.3, 0.4) is 0 Å². The number of halogens is 1. The van der Waals surface area contributed by atoms with Crippen molar-refractivity contribution >= 4 is 17.5 Å². The third kappa shape index (κ3) is 3.98. The highest BCUT2D eigenvalue weighted by Crippen LogP contribution is 2.06. The lowest BCUT2D eigenvalue weighted by Gasteiger charge is -1.61. The Labute approximate surface area is 35.3 Å². The first-order chi connectivity index (χ1) is 2.56. The monoisotopic (exact) mass is 130 g/mol. The topological polar surface area (TPSA) is 51.2 Å². The van der Waals surface area contributed by atoms with E-state index in [0.717, 1.165) is 0 Å².